The number of ether oxygens (including phenoxy) is 3. The van der Waals surface area contributed by atoms with Crippen LogP contribution in [0.15, 0.2) is 30.3 Å². The van der Waals surface area contributed by atoms with Crippen LogP contribution < -0.4 is 14.2 Å². The zero-order valence-electron chi connectivity index (χ0n) is 13.8. The molecule has 7 nitrogen and oxygen atoms in total. The van der Waals surface area contributed by atoms with Crippen molar-refractivity contribution in [1.29, 1.82) is 0 Å². The molecule has 0 saturated heterocycles. The van der Waals surface area contributed by atoms with E-state index in [1.54, 1.807) is 13.2 Å². The lowest BCUT2D eigenvalue weighted by atomic mass is 10.1. The Bertz CT molecular complexity index is 1010. The minimum absolute atomic E-state index is 0.0369. The third-order valence-corrected chi connectivity index (χ3v) is 4.87. The van der Waals surface area contributed by atoms with Crippen LogP contribution in [0.25, 0.3) is 22.4 Å². The number of benzene rings is 2. The highest BCUT2D eigenvalue weighted by molar-refractivity contribution is 7.19. The number of non-ortho nitro benzene ring substituents is 1. The van der Waals surface area contributed by atoms with E-state index in [2.05, 4.69) is 4.98 Å². The first-order valence-electron chi connectivity index (χ1n) is 7.85. The molecular weight excluding hydrogens is 356 g/mol. The maximum Gasteiger partial charge on any atom is 0.271 e. The molecule has 0 radical (unpaired) electrons. The summed E-state index contributed by atoms with van der Waals surface area (Å²) in [5.41, 5.74) is 1.54. The monoisotopic (exact) mass is 370 g/mol. The van der Waals surface area contributed by atoms with Crippen molar-refractivity contribution in [1.82, 2.24) is 4.98 Å². The quantitative estimate of drug-likeness (QED) is 0.507. The van der Waals surface area contributed by atoms with E-state index >= 15 is 0 Å². The van der Waals surface area contributed by atoms with Crippen molar-refractivity contribution in [2.24, 2.45) is 0 Å². The molecule has 1 aliphatic rings. The molecule has 2 aromatic carbocycles. The molecule has 2 heterocycles. The van der Waals surface area contributed by atoms with E-state index in [0.717, 1.165) is 15.3 Å². The van der Waals surface area contributed by atoms with Gasteiger partial charge in [0, 0.05) is 12.1 Å². The number of nitro benzene ring substituents is 1. The van der Waals surface area contributed by atoms with E-state index in [1.807, 2.05) is 24.3 Å². The van der Waals surface area contributed by atoms with Crippen molar-refractivity contribution in [2.75, 3.05) is 20.3 Å². The van der Waals surface area contributed by atoms with Crippen LogP contribution in [0.3, 0.4) is 0 Å². The minimum Gasteiger partial charge on any atom is -0.493 e. The summed E-state index contributed by atoms with van der Waals surface area (Å²) < 4.78 is 17.5. The van der Waals surface area contributed by atoms with Gasteiger partial charge in [0.1, 0.15) is 18.2 Å². The number of methoxy groups -OCH3 is 1. The molecule has 26 heavy (non-hydrogen) atoms. The third kappa shape index (κ3) is 3.06. The molecular formula is C18H14N2O5S. The van der Waals surface area contributed by atoms with Gasteiger partial charge in [0.15, 0.2) is 11.5 Å². The zero-order valence-corrected chi connectivity index (χ0v) is 14.6. The van der Waals surface area contributed by atoms with Crippen molar-refractivity contribution in [3.05, 3.63) is 51.0 Å². The zero-order chi connectivity index (χ0) is 18.1. The first-order valence-corrected chi connectivity index (χ1v) is 8.66. The third-order valence-electron chi connectivity index (χ3n) is 3.87. The average molecular weight is 370 g/mol. The number of fused-ring (bicyclic) bond motifs is 2. The van der Waals surface area contributed by atoms with Crippen LogP contribution >= 0.6 is 11.3 Å². The fourth-order valence-corrected chi connectivity index (χ4v) is 3.53. The second-order valence-electron chi connectivity index (χ2n) is 5.54. The Balaban J connectivity index is 1.65. The molecule has 4 rings (SSSR count). The predicted octanol–water partition coefficient (Wildman–Crippen LogP) is 4.15. The van der Waals surface area contributed by atoms with Gasteiger partial charge in [-0.2, -0.15) is 0 Å². The largest absolute Gasteiger partial charge is 0.493 e. The van der Waals surface area contributed by atoms with Gasteiger partial charge in [-0.3, -0.25) is 10.1 Å². The van der Waals surface area contributed by atoms with Crippen molar-refractivity contribution in [3.63, 3.8) is 0 Å². The van der Waals surface area contributed by atoms with Gasteiger partial charge >= 0.3 is 0 Å². The molecule has 1 aromatic heterocycles. The molecule has 0 fully saturated rings. The molecule has 0 unspecified atom stereocenters. The van der Waals surface area contributed by atoms with Crippen molar-refractivity contribution < 1.29 is 19.1 Å². The highest BCUT2D eigenvalue weighted by Crippen LogP contribution is 2.40. The molecule has 0 spiro atoms. The summed E-state index contributed by atoms with van der Waals surface area (Å²) in [6, 6.07) is 8.43. The van der Waals surface area contributed by atoms with Crippen LogP contribution in [0.4, 0.5) is 5.69 Å². The van der Waals surface area contributed by atoms with Gasteiger partial charge < -0.3 is 14.2 Å². The van der Waals surface area contributed by atoms with Gasteiger partial charge in [0.25, 0.3) is 5.69 Å². The van der Waals surface area contributed by atoms with E-state index in [4.69, 9.17) is 14.2 Å². The lowest BCUT2D eigenvalue weighted by molar-refractivity contribution is -0.384. The van der Waals surface area contributed by atoms with Gasteiger partial charge in [-0.25, -0.2) is 4.98 Å². The van der Waals surface area contributed by atoms with E-state index in [1.165, 1.54) is 23.5 Å². The van der Waals surface area contributed by atoms with Gasteiger partial charge in [-0.1, -0.05) is 6.08 Å². The number of hydrogen-bond acceptors (Lipinski definition) is 7. The Kier molecular flexibility index (Phi) is 4.18. The Hall–Kier alpha value is -3.13. The molecule has 0 bridgehead atoms. The highest BCUT2D eigenvalue weighted by Gasteiger charge is 2.17. The number of thiazole rings is 1. The molecule has 0 aliphatic carbocycles. The first-order chi connectivity index (χ1) is 12.6. The van der Waals surface area contributed by atoms with Gasteiger partial charge in [-0.15, -0.1) is 11.3 Å². The lowest BCUT2D eigenvalue weighted by Gasteiger charge is -2.20. The predicted molar refractivity (Wildman–Crippen MR) is 99.2 cm³/mol. The molecule has 0 atom stereocenters. The van der Waals surface area contributed by atoms with Crippen molar-refractivity contribution in [2.45, 2.75) is 0 Å². The summed E-state index contributed by atoms with van der Waals surface area (Å²) in [4.78, 5) is 14.9. The summed E-state index contributed by atoms with van der Waals surface area (Å²) in [5.74, 6) is 1.88. The first kappa shape index (κ1) is 16.3. The molecule has 0 N–H and O–H groups in total. The van der Waals surface area contributed by atoms with Crippen LogP contribution in [0, 0.1) is 10.1 Å². The highest BCUT2D eigenvalue weighted by atomic mass is 32.1. The topological polar surface area (TPSA) is 83.7 Å². The van der Waals surface area contributed by atoms with Crippen LogP contribution in [0.1, 0.15) is 10.6 Å². The Morgan fingerprint density at radius 1 is 1.23 bits per heavy atom. The SMILES string of the molecule is COc1cc(/C=C/c2nc3cc([N+](=O)[O-])ccc3s2)cc2c1OCCO2. The van der Waals surface area contributed by atoms with Crippen molar-refractivity contribution in [3.8, 4) is 17.2 Å². The van der Waals surface area contributed by atoms with E-state index in [0.29, 0.717) is 36.0 Å². The lowest BCUT2D eigenvalue weighted by Crippen LogP contribution is -2.16. The smallest absolute Gasteiger partial charge is 0.271 e. The molecule has 1 aliphatic heterocycles. The Morgan fingerprint density at radius 2 is 2.08 bits per heavy atom. The number of aromatic nitrogens is 1. The van der Waals surface area contributed by atoms with E-state index in [-0.39, 0.29) is 5.69 Å². The molecule has 0 amide bonds. The van der Waals surface area contributed by atoms with Crippen LogP contribution in [0.5, 0.6) is 17.2 Å². The van der Waals surface area contributed by atoms with Gasteiger partial charge in [0.05, 0.1) is 22.2 Å². The average Bonchev–Trinajstić information content (AvgIpc) is 3.07. The van der Waals surface area contributed by atoms with E-state index in [9.17, 15) is 10.1 Å². The summed E-state index contributed by atoms with van der Waals surface area (Å²) in [5, 5.41) is 11.6. The van der Waals surface area contributed by atoms with Crippen LogP contribution in [-0.2, 0) is 0 Å². The number of rotatable bonds is 4. The summed E-state index contributed by atoms with van der Waals surface area (Å²) in [6.45, 7) is 0.996. The maximum atomic E-state index is 10.9. The fourth-order valence-electron chi connectivity index (χ4n) is 2.68. The number of hydrogen-bond donors (Lipinski definition) is 0. The minimum atomic E-state index is -0.421. The second kappa shape index (κ2) is 6.64. The molecule has 132 valence electrons. The normalized spacial score (nSPS) is 13.3. The maximum absolute atomic E-state index is 10.9. The fraction of sp³-hybridized carbons (Fsp3) is 0.167. The molecule has 3 aromatic rings. The van der Waals surface area contributed by atoms with E-state index < -0.39 is 4.92 Å². The van der Waals surface area contributed by atoms with Gasteiger partial charge in [0.2, 0.25) is 5.75 Å². The summed E-state index contributed by atoms with van der Waals surface area (Å²) >= 11 is 1.47. The number of nitro groups is 1. The number of nitrogens with zero attached hydrogens (tertiary/aromatic N) is 2. The summed E-state index contributed by atoms with van der Waals surface area (Å²) in [7, 11) is 1.58. The Morgan fingerprint density at radius 3 is 2.88 bits per heavy atom. The standard InChI is InChI=1S/C18H14N2O5S/c1-23-14-8-11(9-15-18(14)25-7-6-24-15)2-5-17-19-13-10-12(20(21)22)3-4-16(13)26-17/h2-5,8-10H,6-7H2,1H3/b5-2+. The molecule has 8 heteroatoms. The molecule has 0 saturated carbocycles. The second-order valence-corrected chi connectivity index (χ2v) is 6.60. The van der Waals surface area contributed by atoms with Crippen LogP contribution in [-0.4, -0.2) is 30.2 Å². The Labute approximate surface area is 152 Å². The van der Waals surface area contributed by atoms with Gasteiger partial charge in [-0.05, 0) is 29.8 Å². The summed E-state index contributed by atoms with van der Waals surface area (Å²) in [6.07, 6.45) is 3.76. The van der Waals surface area contributed by atoms with Crippen molar-refractivity contribution >= 4 is 39.4 Å². The van der Waals surface area contributed by atoms with Crippen LogP contribution in [0.2, 0.25) is 0 Å².